The van der Waals surface area contributed by atoms with Crippen molar-refractivity contribution in [3.63, 3.8) is 0 Å². The van der Waals surface area contributed by atoms with Crippen molar-refractivity contribution in [2.75, 3.05) is 6.61 Å². The molecule has 0 spiro atoms. The molecule has 1 heterocycles. The van der Waals surface area contributed by atoms with Crippen molar-refractivity contribution < 1.29 is 13.9 Å². The molecule has 0 radical (unpaired) electrons. The normalized spacial score (nSPS) is 10.6. The van der Waals surface area contributed by atoms with Gasteiger partial charge in [-0.15, -0.1) is 0 Å². The van der Waals surface area contributed by atoms with Crippen molar-refractivity contribution in [3.05, 3.63) is 17.3 Å². The van der Waals surface area contributed by atoms with Crippen LogP contribution in [0.3, 0.4) is 0 Å². The minimum Gasteiger partial charge on any atom is -0.461 e. The van der Waals surface area contributed by atoms with E-state index < -0.39 is 10.8 Å². The first-order valence-corrected chi connectivity index (χ1v) is 4.86. The first-order chi connectivity index (χ1) is 6.56. The fraction of sp³-hybridized carbons (Fsp3) is 0.500. The molecule has 0 saturated carbocycles. The minimum absolute atomic E-state index is 0.105. The minimum atomic E-state index is -0.878. The number of hydrogen-bond donors (Lipinski definition) is 0. The summed E-state index contributed by atoms with van der Waals surface area (Å²) in [6.45, 7) is 3.59. The van der Waals surface area contributed by atoms with Crippen LogP contribution in [0.15, 0.2) is 4.42 Å². The lowest BCUT2D eigenvalue weighted by molar-refractivity contribution is 0.0518. The van der Waals surface area contributed by atoms with Crippen molar-refractivity contribution in [1.29, 1.82) is 0 Å². The highest BCUT2D eigenvalue weighted by Crippen LogP contribution is 2.25. The lowest BCUT2D eigenvalue weighted by Crippen LogP contribution is -2.06. The number of aromatic nitrogens is 1. The van der Waals surface area contributed by atoms with Crippen LogP contribution in [0, 0.1) is 6.92 Å². The van der Waals surface area contributed by atoms with Crippen molar-refractivity contribution in [2.24, 2.45) is 0 Å². The maximum Gasteiger partial charge on any atom is 0.360 e. The van der Waals surface area contributed by atoms with E-state index in [1.54, 1.807) is 13.8 Å². The van der Waals surface area contributed by atoms with Crippen LogP contribution < -0.4 is 0 Å². The summed E-state index contributed by atoms with van der Waals surface area (Å²) in [5, 5.41) is 0. The molecule has 0 aliphatic rings. The van der Waals surface area contributed by atoms with Gasteiger partial charge in [0.05, 0.1) is 6.61 Å². The molecule has 0 saturated heterocycles. The van der Waals surface area contributed by atoms with E-state index in [1.165, 1.54) is 0 Å². The number of rotatable bonds is 3. The first-order valence-electron chi connectivity index (χ1n) is 3.98. The molecular formula is C8H9Cl2NO3. The second-order valence-corrected chi connectivity index (χ2v) is 3.57. The van der Waals surface area contributed by atoms with Gasteiger partial charge in [0.25, 0.3) is 0 Å². The van der Waals surface area contributed by atoms with Crippen LogP contribution in [0.2, 0.25) is 0 Å². The average molecular weight is 238 g/mol. The second-order valence-electron chi connectivity index (χ2n) is 2.48. The van der Waals surface area contributed by atoms with Gasteiger partial charge >= 0.3 is 5.97 Å². The van der Waals surface area contributed by atoms with Crippen LogP contribution in [0.4, 0.5) is 0 Å². The second kappa shape index (κ2) is 4.66. The monoisotopic (exact) mass is 237 g/mol. The summed E-state index contributed by atoms with van der Waals surface area (Å²) >= 11 is 11.1. The Bertz CT molecular complexity index is 335. The van der Waals surface area contributed by atoms with Gasteiger partial charge in [-0.1, -0.05) is 23.2 Å². The van der Waals surface area contributed by atoms with Crippen LogP contribution in [0.5, 0.6) is 0 Å². The quantitative estimate of drug-likeness (QED) is 0.599. The van der Waals surface area contributed by atoms with E-state index in [2.05, 4.69) is 4.98 Å². The average Bonchev–Trinajstić information content (AvgIpc) is 2.48. The summed E-state index contributed by atoms with van der Waals surface area (Å²) < 4.78 is 9.82. The molecule has 14 heavy (non-hydrogen) atoms. The fourth-order valence-corrected chi connectivity index (χ4v) is 1.09. The zero-order valence-corrected chi connectivity index (χ0v) is 9.22. The Hall–Kier alpha value is -0.740. The third-order valence-electron chi connectivity index (χ3n) is 1.47. The van der Waals surface area contributed by atoms with Crippen LogP contribution in [0.1, 0.15) is 33.9 Å². The number of hydrogen-bond acceptors (Lipinski definition) is 4. The Kier molecular flexibility index (Phi) is 3.77. The van der Waals surface area contributed by atoms with E-state index in [1.807, 2.05) is 0 Å². The Labute approximate surface area is 91.2 Å². The molecular weight excluding hydrogens is 229 g/mol. The molecule has 4 nitrogen and oxygen atoms in total. The number of ether oxygens (including phenoxy) is 1. The summed E-state index contributed by atoms with van der Waals surface area (Å²) in [6.07, 6.45) is 0. The maximum atomic E-state index is 11.3. The molecule has 0 aromatic carbocycles. The predicted octanol–water partition coefficient (Wildman–Crippen LogP) is 2.64. The number of oxazole rings is 1. The number of halogens is 2. The van der Waals surface area contributed by atoms with E-state index in [4.69, 9.17) is 32.4 Å². The molecule has 1 aromatic rings. The summed E-state index contributed by atoms with van der Waals surface area (Å²) in [6, 6.07) is 0. The van der Waals surface area contributed by atoms with Gasteiger partial charge < -0.3 is 9.15 Å². The first kappa shape index (κ1) is 11.3. The number of carbonyl (C=O) groups excluding carboxylic acids is 1. The summed E-state index contributed by atoms with van der Waals surface area (Å²) in [5.74, 6) is -0.0763. The molecule has 0 fully saturated rings. The molecule has 0 aliphatic carbocycles. The largest absolute Gasteiger partial charge is 0.461 e. The zero-order valence-electron chi connectivity index (χ0n) is 7.71. The van der Waals surface area contributed by atoms with Gasteiger partial charge in [-0.25, -0.2) is 9.78 Å². The number of alkyl halides is 2. The molecule has 0 bridgehead atoms. The van der Waals surface area contributed by atoms with Gasteiger partial charge in [-0.3, -0.25) is 0 Å². The van der Waals surface area contributed by atoms with Crippen molar-refractivity contribution in [3.8, 4) is 0 Å². The van der Waals surface area contributed by atoms with E-state index in [9.17, 15) is 4.79 Å². The van der Waals surface area contributed by atoms with Crippen molar-refractivity contribution >= 4 is 29.2 Å². The van der Waals surface area contributed by atoms with Gasteiger partial charge in [0.1, 0.15) is 5.76 Å². The van der Waals surface area contributed by atoms with E-state index in [0.717, 1.165) is 0 Å². The molecule has 0 amide bonds. The number of nitrogens with zero attached hydrogens (tertiary/aromatic N) is 1. The van der Waals surface area contributed by atoms with Gasteiger partial charge in [-0.2, -0.15) is 0 Å². The molecule has 0 aliphatic heterocycles. The number of carbonyl (C=O) groups is 1. The molecule has 1 aromatic heterocycles. The van der Waals surface area contributed by atoms with E-state index in [-0.39, 0.29) is 18.2 Å². The number of esters is 1. The SMILES string of the molecule is CCOC(=O)c1nc(C(Cl)Cl)oc1C. The van der Waals surface area contributed by atoms with Crippen LogP contribution in [-0.2, 0) is 4.74 Å². The highest BCUT2D eigenvalue weighted by Gasteiger charge is 2.20. The van der Waals surface area contributed by atoms with Crippen molar-refractivity contribution in [2.45, 2.75) is 18.7 Å². The standard InChI is InChI=1S/C8H9Cl2NO3/c1-3-13-8(12)5-4(2)14-7(11-5)6(9)10/h6H,3H2,1-2H3. The molecule has 6 heteroatoms. The smallest absolute Gasteiger partial charge is 0.360 e. The summed E-state index contributed by atoms with van der Waals surface area (Å²) in [7, 11) is 0. The van der Waals surface area contributed by atoms with Gasteiger partial charge in [0, 0.05) is 0 Å². The molecule has 1 rings (SSSR count). The Morgan fingerprint density at radius 2 is 2.29 bits per heavy atom. The fourth-order valence-electron chi connectivity index (χ4n) is 0.899. The van der Waals surface area contributed by atoms with E-state index >= 15 is 0 Å². The predicted molar refractivity (Wildman–Crippen MR) is 51.6 cm³/mol. The molecule has 0 atom stereocenters. The third-order valence-corrected chi connectivity index (χ3v) is 1.84. The van der Waals surface area contributed by atoms with Gasteiger partial charge in [0.15, 0.2) is 10.5 Å². The lowest BCUT2D eigenvalue weighted by atomic mass is 10.4. The Morgan fingerprint density at radius 3 is 2.71 bits per heavy atom. The number of aryl methyl sites for hydroxylation is 1. The third kappa shape index (κ3) is 2.39. The Balaban J connectivity index is 2.92. The summed E-state index contributed by atoms with van der Waals surface area (Å²) in [4.78, 5) is 14.2. The Morgan fingerprint density at radius 1 is 1.64 bits per heavy atom. The van der Waals surface area contributed by atoms with Gasteiger partial charge in [-0.05, 0) is 13.8 Å². The van der Waals surface area contributed by atoms with Crippen molar-refractivity contribution in [1.82, 2.24) is 4.98 Å². The highest BCUT2D eigenvalue weighted by atomic mass is 35.5. The van der Waals surface area contributed by atoms with Crippen LogP contribution in [-0.4, -0.2) is 17.6 Å². The maximum absolute atomic E-state index is 11.3. The molecule has 0 N–H and O–H groups in total. The molecule has 78 valence electrons. The van der Waals surface area contributed by atoms with Crippen LogP contribution in [0.25, 0.3) is 0 Å². The molecule has 0 unspecified atom stereocenters. The van der Waals surface area contributed by atoms with Crippen LogP contribution >= 0.6 is 23.2 Å². The van der Waals surface area contributed by atoms with E-state index in [0.29, 0.717) is 5.76 Å². The van der Waals surface area contributed by atoms with Gasteiger partial charge in [0.2, 0.25) is 5.89 Å². The summed E-state index contributed by atoms with van der Waals surface area (Å²) in [5.41, 5.74) is 0.119. The highest BCUT2D eigenvalue weighted by molar-refractivity contribution is 6.43. The zero-order chi connectivity index (χ0) is 10.7. The lowest BCUT2D eigenvalue weighted by Gasteiger charge is -1.96. The topological polar surface area (TPSA) is 52.3 Å².